The Morgan fingerprint density at radius 3 is 2.55 bits per heavy atom. The van der Waals surface area contributed by atoms with Gasteiger partial charge in [0.25, 0.3) is 5.91 Å². The molecule has 10 nitrogen and oxygen atoms in total. The molecule has 0 atom stereocenters. The Kier molecular flexibility index (Phi) is 7.65. The van der Waals surface area contributed by atoms with Crippen molar-refractivity contribution in [1.29, 1.82) is 0 Å². The number of nitro groups is 1. The van der Waals surface area contributed by atoms with Gasteiger partial charge in [0.2, 0.25) is 5.75 Å². The Bertz CT molecular complexity index is 1220. The number of nitro benzene ring substituents is 1. The molecule has 0 fully saturated rings. The zero-order chi connectivity index (χ0) is 24.0. The second kappa shape index (κ2) is 10.6. The van der Waals surface area contributed by atoms with Crippen LogP contribution in [0.3, 0.4) is 0 Å². The Hall–Kier alpha value is -3.89. The van der Waals surface area contributed by atoms with Crippen LogP contribution in [0, 0.1) is 10.1 Å². The molecule has 170 valence electrons. The fourth-order valence-corrected chi connectivity index (χ4v) is 2.93. The number of amides is 1. The molecule has 3 rings (SSSR count). The van der Waals surface area contributed by atoms with Gasteiger partial charge in [-0.25, -0.2) is 9.78 Å². The van der Waals surface area contributed by atoms with Gasteiger partial charge in [-0.15, -0.1) is 0 Å². The largest absolute Gasteiger partial charge is 0.493 e. The predicted octanol–water partition coefficient (Wildman–Crippen LogP) is 4.89. The molecule has 0 aliphatic rings. The average Bonchev–Trinajstić information content (AvgIpc) is 2.80. The van der Waals surface area contributed by atoms with Crippen LogP contribution in [0.25, 0.3) is 0 Å². The van der Waals surface area contributed by atoms with Crippen molar-refractivity contribution in [2.45, 2.75) is 0 Å². The summed E-state index contributed by atoms with van der Waals surface area (Å²) in [5, 5.41) is 14.0. The lowest BCUT2D eigenvalue weighted by molar-refractivity contribution is -0.385. The van der Waals surface area contributed by atoms with E-state index >= 15 is 0 Å². The smallest absolute Gasteiger partial charge is 0.338 e. The lowest BCUT2D eigenvalue weighted by Crippen LogP contribution is -2.21. The number of hydrogen-bond acceptors (Lipinski definition) is 8. The third-order valence-electron chi connectivity index (χ3n) is 4.10. The van der Waals surface area contributed by atoms with Crippen LogP contribution in [0.5, 0.6) is 17.2 Å². The van der Waals surface area contributed by atoms with Gasteiger partial charge in [-0.1, -0.05) is 23.2 Å². The second-order valence-corrected chi connectivity index (χ2v) is 7.10. The van der Waals surface area contributed by atoms with Crippen molar-refractivity contribution >= 4 is 46.5 Å². The van der Waals surface area contributed by atoms with Crippen LogP contribution >= 0.6 is 23.2 Å². The van der Waals surface area contributed by atoms with Crippen molar-refractivity contribution in [2.75, 3.05) is 19.0 Å². The number of halogens is 2. The number of anilines is 1. The van der Waals surface area contributed by atoms with Crippen molar-refractivity contribution in [2.24, 2.45) is 0 Å². The summed E-state index contributed by atoms with van der Waals surface area (Å²) in [6, 6.07) is 11.1. The highest BCUT2D eigenvalue weighted by atomic mass is 35.5. The molecular weight excluding hydrogens is 477 g/mol. The highest BCUT2D eigenvalue weighted by Crippen LogP contribution is 2.38. The molecule has 0 unspecified atom stereocenters. The van der Waals surface area contributed by atoms with Crippen molar-refractivity contribution in [3.8, 4) is 17.2 Å². The van der Waals surface area contributed by atoms with Crippen molar-refractivity contribution < 1.29 is 28.7 Å². The number of nitrogens with one attached hydrogen (secondary N) is 1. The molecule has 0 saturated heterocycles. The van der Waals surface area contributed by atoms with Crippen molar-refractivity contribution in [3.63, 3.8) is 0 Å². The van der Waals surface area contributed by atoms with Gasteiger partial charge in [0.15, 0.2) is 23.3 Å². The monoisotopic (exact) mass is 491 g/mol. The zero-order valence-corrected chi connectivity index (χ0v) is 18.4. The van der Waals surface area contributed by atoms with E-state index in [0.29, 0.717) is 0 Å². The zero-order valence-electron chi connectivity index (χ0n) is 16.9. The van der Waals surface area contributed by atoms with Crippen LogP contribution in [0.1, 0.15) is 10.4 Å². The van der Waals surface area contributed by atoms with Gasteiger partial charge in [-0.05, 0) is 42.5 Å². The third-order valence-corrected chi connectivity index (χ3v) is 4.64. The van der Waals surface area contributed by atoms with Crippen molar-refractivity contribution in [3.05, 3.63) is 80.6 Å². The summed E-state index contributed by atoms with van der Waals surface area (Å²) in [6.45, 7) is -0.568. The molecule has 0 bridgehead atoms. The molecule has 1 N–H and O–H groups in total. The van der Waals surface area contributed by atoms with E-state index in [2.05, 4.69) is 10.3 Å². The molecule has 33 heavy (non-hydrogen) atoms. The van der Waals surface area contributed by atoms with Gasteiger partial charge >= 0.3 is 11.7 Å². The Balaban J connectivity index is 1.69. The normalized spacial score (nSPS) is 10.3. The number of pyridine rings is 1. The number of hydrogen-bond donors (Lipinski definition) is 1. The van der Waals surface area contributed by atoms with Gasteiger partial charge in [0.1, 0.15) is 0 Å². The number of rotatable bonds is 8. The van der Waals surface area contributed by atoms with Crippen LogP contribution in [0.2, 0.25) is 10.2 Å². The third kappa shape index (κ3) is 6.09. The van der Waals surface area contributed by atoms with E-state index in [0.717, 1.165) is 6.07 Å². The summed E-state index contributed by atoms with van der Waals surface area (Å²) in [5.74, 6) is -1.25. The summed E-state index contributed by atoms with van der Waals surface area (Å²) in [6.07, 6.45) is 1.46. The number of ether oxygens (including phenoxy) is 3. The minimum absolute atomic E-state index is 0.0660. The van der Waals surface area contributed by atoms with E-state index in [1.807, 2.05) is 0 Å². The Labute approximate surface area is 197 Å². The molecule has 0 radical (unpaired) electrons. The van der Waals surface area contributed by atoms with Crippen LogP contribution in [-0.2, 0) is 9.53 Å². The molecule has 0 saturated carbocycles. The van der Waals surface area contributed by atoms with E-state index in [1.54, 1.807) is 12.1 Å². The van der Waals surface area contributed by atoms with Crippen LogP contribution in [-0.4, -0.2) is 35.5 Å². The molecule has 1 heterocycles. The van der Waals surface area contributed by atoms with Crippen LogP contribution < -0.4 is 14.8 Å². The summed E-state index contributed by atoms with van der Waals surface area (Å²) in [5.41, 5.74) is 0.00414. The van der Waals surface area contributed by atoms with E-state index in [4.69, 9.17) is 37.4 Å². The minimum Gasteiger partial charge on any atom is -0.493 e. The summed E-state index contributed by atoms with van der Waals surface area (Å²) < 4.78 is 15.8. The van der Waals surface area contributed by atoms with Gasteiger partial charge in [-0.2, -0.15) is 0 Å². The molecule has 0 spiro atoms. The number of carbonyl (C=O) groups is 2. The van der Waals surface area contributed by atoms with E-state index in [1.165, 1.54) is 43.6 Å². The fraction of sp³-hybridized carbons (Fsp3) is 0.0952. The number of aromatic nitrogens is 1. The summed E-state index contributed by atoms with van der Waals surface area (Å²) in [4.78, 5) is 38.8. The molecule has 1 amide bonds. The van der Waals surface area contributed by atoms with Gasteiger partial charge < -0.3 is 19.5 Å². The van der Waals surface area contributed by atoms with Gasteiger partial charge in [-0.3, -0.25) is 14.9 Å². The maximum Gasteiger partial charge on any atom is 0.338 e. The lowest BCUT2D eigenvalue weighted by atomic mass is 10.2. The fourth-order valence-electron chi connectivity index (χ4n) is 2.60. The average molecular weight is 492 g/mol. The highest BCUT2D eigenvalue weighted by Gasteiger charge is 2.20. The van der Waals surface area contributed by atoms with E-state index < -0.39 is 23.4 Å². The molecule has 1 aromatic heterocycles. The first kappa shape index (κ1) is 23.8. The molecular formula is C21H15Cl2N3O7. The quantitative estimate of drug-likeness (QED) is 0.204. The number of methoxy groups -OCH3 is 1. The van der Waals surface area contributed by atoms with Crippen LogP contribution in [0.4, 0.5) is 11.4 Å². The maximum absolute atomic E-state index is 12.3. The number of esters is 1. The first-order chi connectivity index (χ1) is 15.8. The summed E-state index contributed by atoms with van der Waals surface area (Å²) >= 11 is 11.7. The summed E-state index contributed by atoms with van der Waals surface area (Å²) in [7, 11) is 1.33. The van der Waals surface area contributed by atoms with Gasteiger partial charge in [0, 0.05) is 17.3 Å². The number of carbonyl (C=O) groups excluding carboxylic acids is 2. The van der Waals surface area contributed by atoms with Crippen molar-refractivity contribution in [1.82, 2.24) is 4.98 Å². The Morgan fingerprint density at radius 1 is 1.09 bits per heavy atom. The SMILES string of the molecule is COc1cc(C(=O)OCC(=O)Nc2cccnc2Cl)ccc1Oc1ccc(Cl)cc1[N+](=O)[O-]. The van der Waals surface area contributed by atoms with E-state index in [-0.39, 0.29) is 44.4 Å². The molecule has 0 aliphatic heterocycles. The lowest BCUT2D eigenvalue weighted by Gasteiger charge is -2.12. The van der Waals surface area contributed by atoms with E-state index in [9.17, 15) is 19.7 Å². The topological polar surface area (TPSA) is 130 Å². The van der Waals surface area contributed by atoms with Crippen LogP contribution in [0.15, 0.2) is 54.7 Å². The molecule has 3 aromatic rings. The first-order valence-electron chi connectivity index (χ1n) is 9.16. The maximum atomic E-state index is 12.3. The standard InChI is InChI=1S/C21H15Cl2N3O7/c1-31-18-9-12(21(28)32-11-19(27)25-14-3-2-8-24-20(14)23)4-6-17(18)33-16-7-5-13(22)10-15(16)26(29)30/h2-10H,11H2,1H3,(H,25,27). The Morgan fingerprint density at radius 2 is 1.85 bits per heavy atom. The number of nitrogens with zero attached hydrogens (tertiary/aromatic N) is 2. The molecule has 12 heteroatoms. The first-order valence-corrected chi connectivity index (χ1v) is 9.91. The second-order valence-electron chi connectivity index (χ2n) is 6.30. The van der Waals surface area contributed by atoms with Gasteiger partial charge in [0.05, 0.1) is 23.3 Å². The molecule has 0 aliphatic carbocycles. The minimum atomic E-state index is -0.801. The number of benzene rings is 2. The highest BCUT2D eigenvalue weighted by molar-refractivity contribution is 6.32. The molecule has 2 aromatic carbocycles. The predicted molar refractivity (Wildman–Crippen MR) is 119 cm³/mol.